The van der Waals surface area contributed by atoms with Gasteiger partial charge in [0.2, 0.25) is 0 Å². The van der Waals surface area contributed by atoms with E-state index in [9.17, 15) is 4.39 Å². The van der Waals surface area contributed by atoms with Crippen LogP contribution in [0, 0.1) is 12.7 Å². The quantitative estimate of drug-likeness (QED) is 0.684. The van der Waals surface area contributed by atoms with E-state index >= 15 is 0 Å². The Morgan fingerprint density at radius 2 is 1.64 bits per heavy atom. The summed E-state index contributed by atoms with van der Waals surface area (Å²) >= 11 is 0. The highest BCUT2D eigenvalue weighted by atomic mass is 19.1. The number of amidine groups is 1. The third-order valence-electron chi connectivity index (χ3n) is 4.23. The monoisotopic (exact) mass is 331 g/mol. The van der Waals surface area contributed by atoms with Gasteiger partial charge in [0.25, 0.3) is 0 Å². The van der Waals surface area contributed by atoms with Gasteiger partial charge in [-0.1, -0.05) is 42.0 Å². The van der Waals surface area contributed by atoms with Crippen molar-refractivity contribution in [1.29, 1.82) is 0 Å². The highest BCUT2D eigenvalue weighted by molar-refractivity contribution is 6.12. The minimum atomic E-state index is -0.261. The minimum absolute atomic E-state index is 0.248. The molecular formula is C21H18FN3. The molecule has 0 spiro atoms. The molecule has 1 atom stereocenters. The van der Waals surface area contributed by atoms with E-state index in [1.54, 1.807) is 12.1 Å². The number of hydrogen-bond donors (Lipinski definition) is 2. The second-order valence-corrected chi connectivity index (χ2v) is 6.11. The Labute approximate surface area is 146 Å². The number of aryl methyl sites for hydroxylation is 1. The number of benzene rings is 3. The molecule has 1 aliphatic rings. The first kappa shape index (κ1) is 15.4. The predicted octanol–water partition coefficient (Wildman–Crippen LogP) is 5.12. The van der Waals surface area contributed by atoms with Crippen LogP contribution in [0.15, 0.2) is 77.8 Å². The molecule has 25 heavy (non-hydrogen) atoms. The van der Waals surface area contributed by atoms with Gasteiger partial charge in [-0.3, -0.25) is 0 Å². The van der Waals surface area contributed by atoms with Crippen LogP contribution in [0.25, 0.3) is 0 Å². The Morgan fingerprint density at radius 1 is 0.920 bits per heavy atom. The van der Waals surface area contributed by atoms with E-state index in [1.165, 1.54) is 17.7 Å². The van der Waals surface area contributed by atoms with Gasteiger partial charge in [-0.15, -0.1) is 0 Å². The first-order chi connectivity index (χ1) is 12.2. The molecule has 2 N–H and O–H groups in total. The number of nitrogens with one attached hydrogen (secondary N) is 2. The Morgan fingerprint density at radius 3 is 2.40 bits per heavy atom. The molecule has 0 saturated carbocycles. The molecule has 124 valence electrons. The van der Waals surface area contributed by atoms with Crippen molar-refractivity contribution >= 4 is 17.2 Å². The SMILES string of the molecule is Cc1ccc(NC2=NC(c3ccc(F)cc3)Nc3ccccc32)cc1. The maximum atomic E-state index is 13.2. The zero-order valence-corrected chi connectivity index (χ0v) is 13.8. The summed E-state index contributed by atoms with van der Waals surface area (Å²) in [5, 5.41) is 6.82. The molecule has 3 aromatic carbocycles. The summed E-state index contributed by atoms with van der Waals surface area (Å²) in [5.41, 5.74) is 5.13. The zero-order valence-electron chi connectivity index (χ0n) is 13.8. The van der Waals surface area contributed by atoms with Gasteiger partial charge in [0.05, 0.1) is 0 Å². The fourth-order valence-corrected chi connectivity index (χ4v) is 2.87. The molecule has 3 nitrogen and oxygen atoms in total. The Bertz CT molecular complexity index is 915. The fraction of sp³-hybridized carbons (Fsp3) is 0.0952. The van der Waals surface area contributed by atoms with Crippen LogP contribution in [0.2, 0.25) is 0 Å². The number of nitrogens with zero attached hydrogens (tertiary/aromatic N) is 1. The van der Waals surface area contributed by atoms with E-state index in [0.29, 0.717) is 0 Å². The van der Waals surface area contributed by atoms with Crippen molar-refractivity contribution in [3.63, 3.8) is 0 Å². The second-order valence-electron chi connectivity index (χ2n) is 6.11. The Kier molecular flexibility index (Phi) is 3.94. The average Bonchev–Trinajstić information content (AvgIpc) is 2.64. The smallest absolute Gasteiger partial charge is 0.147 e. The van der Waals surface area contributed by atoms with Crippen molar-refractivity contribution in [2.45, 2.75) is 13.1 Å². The van der Waals surface area contributed by atoms with Gasteiger partial charge in [0, 0.05) is 16.9 Å². The van der Waals surface area contributed by atoms with Gasteiger partial charge < -0.3 is 10.6 Å². The van der Waals surface area contributed by atoms with E-state index < -0.39 is 0 Å². The van der Waals surface area contributed by atoms with Crippen LogP contribution >= 0.6 is 0 Å². The molecule has 1 heterocycles. The van der Waals surface area contributed by atoms with E-state index in [-0.39, 0.29) is 12.0 Å². The van der Waals surface area contributed by atoms with Crippen molar-refractivity contribution in [3.05, 3.63) is 95.3 Å². The average molecular weight is 331 g/mol. The lowest BCUT2D eigenvalue weighted by Crippen LogP contribution is -2.24. The molecule has 4 heteroatoms. The second kappa shape index (κ2) is 6.40. The molecule has 0 aromatic heterocycles. The van der Waals surface area contributed by atoms with Crippen LogP contribution in [0.1, 0.15) is 22.9 Å². The van der Waals surface area contributed by atoms with Crippen LogP contribution in [-0.4, -0.2) is 5.84 Å². The lowest BCUT2D eigenvalue weighted by Gasteiger charge is -2.26. The Balaban J connectivity index is 1.71. The molecule has 4 rings (SSSR count). The molecule has 0 aliphatic carbocycles. The first-order valence-corrected chi connectivity index (χ1v) is 8.22. The number of rotatable bonds is 2. The van der Waals surface area contributed by atoms with Gasteiger partial charge >= 0.3 is 0 Å². The van der Waals surface area contributed by atoms with E-state index in [2.05, 4.69) is 29.7 Å². The lowest BCUT2D eigenvalue weighted by molar-refractivity contribution is 0.626. The molecule has 0 fully saturated rings. The van der Waals surface area contributed by atoms with E-state index in [0.717, 1.165) is 28.3 Å². The lowest BCUT2D eigenvalue weighted by atomic mass is 10.1. The van der Waals surface area contributed by atoms with Crippen LogP contribution in [0.3, 0.4) is 0 Å². The highest BCUT2D eigenvalue weighted by Gasteiger charge is 2.21. The zero-order chi connectivity index (χ0) is 17.2. The Hall–Kier alpha value is -3.14. The third-order valence-corrected chi connectivity index (χ3v) is 4.23. The molecule has 0 radical (unpaired) electrons. The molecule has 3 aromatic rings. The largest absolute Gasteiger partial charge is 0.359 e. The van der Waals surface area contributed by atoms with Gasteiger partial charge in [-0.05, 0) is 48.9 Å². The standard InChI is InChI=1S/C21H18FN3/c1-14-6-12-17(13-7-14)23-21-18-4-2-3-5-19(18)24-20(25-21)15-8-10-16(22)11-9-15/h2-13,20,24H,1H3,(H,23,25). The normalized spacial score (nSPS) is 15.8. The fourth-order valence-electron chi connectivity index (χ4n) is 2.87. The summed E-state index contributed by atoms with van der Waals surface area (Å²) in [6, 6.07) is 22.7. The number of anilines is 2. The number of para-hydroxylation sites is 1. The highest BCUT2D eigenvalue weighted by Crippen LogP contribution is 2.30. The van der Waals surface area contributed by atoms with Gasteiger partial charge in [-0.2, -0.15) is 0 Å². The summed E-state index contributed by atoms with van der Waals surface area (Å²) in [6.07, 6.45) is -0.261. The number of hydrogen-bond acceptors (Lipinski definition) is 3. The summed E-state index contributed by atoms with van der Waals surface area (Å²) in [4.78, 5) is 4.81. The summed E-state index contributed by atoms with van der Waals surface area (Å²) in [5.74, 6) is 0.550. The number of halogens is 1. The maximum absolute atomic E-state index is 13.2. The van der Waals surface area contributed by atoms with E-state index in [1.807, 2.05) is 36.4 Å². The molecule has 0 saturated heterocycles. The molecule has 0 amide bonds. The number of aliphatic imine (C=N–C) groups is 1. The minimum Gasteiger partial charge on any atom is -0.359 e. The van der Waals surface area contributed by atoms with Gasteiger partial charge in [0.15, 0.2) is 0 Å². The van der Waals surface area contributed by atoms with Crippen LogP contribution in [0.4, 0.5) is 15.8 Å². The van der Waals surface area contributed by atoms with Crippen molar-refractivity contribution in [1.82, 2.24) is 0 Å². The van der Waals surface area contributed by atoms with Gasteiger partial charge in [-0.25, -0.2) is 9.38 Å². The molecule has 1 aliphatic heterocycles. The first-order valence-electron chi connectivity index (χ1n) is 8.22. The van der Waals surface area contributed by atoms with Crippen molar-refractivity contribution in [2.75, 3.05) is 10.6 Å². The van der Waals surface area contributed by atoms with Crippen molar-refractivity contribution in [3.8, 4) is 0 Å². The summed E-state index contributed by atoms with van der Waals surface area (Å²) in [6.45, 7) is 2.06. The maximum Gasteiger partial charge on any atom is 0.147 e. The molecular weight excluding hydrogens is 313 g/mol. The van der Waals surface area contributed by atoms with Crippen molar-refractivity contribution < 1.29 is 4.39 Å². The third kappa shape index (κ3) is 3.24. The number of fused-ring (bicyclic) bond motifs is 1. The van der Waals surface area contributed by atoms with Crippen LogP contribution in [0.5, 0.6) is 0 Å². The van der Waals surface area contributed by atoms with Crippen molar-refractivity contribution in [2.24, 2.45) is 4.99 Å². The van der Waals surface area contributed by atoms with Gasteiger partial charge in [0.1, 0.15) is 17.8 Å². The van der Waals surface area contributed by atoms with Crippen LogP contribution in [-0.2, 0) is 0 Å². The topological polar surface area (TPSA) is 36.4 Å². The van der Waals surface area contributed by atoms with E-state index in [4.69, 9.17) is 4.99 Å². The predicted molar refractivity (Wildman–Crippen MR) is 101 cm³/mol. The molecule has 1 unspecified atom stereocenters. The summed E-state index contributed by atoms with van der Waals surface area (Å²) in [7, 11) is 0. The summed E-state index contributed by atoms with van der Waals surface area (Å²) < 4.78 is 13.2. The molecule has 0 bridgehead atoms. The van der Waals surface area contributed by atoms with Crippen LogP contribution < -0.4 is 10.6 Å².